The monoisotopic (exact) mass is 237 g/mol. The number of aliphatic hydroxyl groups is 1. The number of nitrogens with zero attached hydrogens (tertiary/aromatic N) is 1. The van der Waals surface area contributed by atoms with Gasteiger partial charge >= 0.3 is 6.09 Å². The summed E-state index contributed by atoms with van der Waals surface area (Å²) in [6.45, 7) is 4.46. The van der Waals surface area contributed by atoms with E-state index in [-0.39, 0.29) is 13.2 Å². The maximum absolute atomic E-state index is 11.5. The maximum atomic E-state index is 11.5. The highest BCUT2D eigenvalue weighted by Gasteiger charge is 2.11. The van der Waals surface area contributed by atoms with Crippen molar-refractivity contribution in [2.75, 3.05) is 20.3 Å². The first-order valence-corrected chi connectivity index (χ1v) is 5.59. The van der Waals surface area contributed by atoms with E-state index in [1.165, 1.54) is 10.5 Å². The zero-order valence-corrected chi connectivity index (χ0v) is 10.6. The summed E-state index contributed by atoms with van der Waals surface area (Å²) in [6, 6.07) is 6.12. The summed E-state index contributed by atoms with van der Waals surface area (Å²) in [5.41, 5.74) is 3.46. The van der Waals surface area contributed by atoms with Crippen molar-refractivity contribution < 1.29 is 14.6 Å². The lowest BCUT2D eigenvalue weighted by Crippen LogP contribution is -2.28. The van der Waals surface area contributed by atoms with Crippen molar-refractivity contribution in [2.24, 2.45) is 0 Å². The van der Waals surface area contributed by atoms with Crippen LogP contribution in [0.4, 0.5) is 4.79 Å². The maximum Gasteiger partial charge on any atom is 0.409 e. The zero-order chi connectivity index (χ0) is 12.8. The molecule has 0 aromatic heterocycles. The van der Waals surface area contributed by atoms with E-state index in [4.69, 9.17) is 9.84 Å². The summed E-state index contributed by atoms with van der Waals surface area (Å²) in [5.74, 6) is 0. The van der Waals surface area contributed by atoms with Crippen molar-refractivity contribution >= 4 is 6.09 Å². The van der Waals surface area contributed by atoms with Gasteiger partial charge in [0.05, 0.1) is 6.61 Å². The number of benzene rings is 1. The molecule has 0 radical (unpaired) electrons. The van der Waals surface area contributed by atoms with Gasteiger partial charge in [-0.25, -0.2) is 4.79 Å². The molecule has 0 saturated heterocycles. The van der Waals surface area contributed by atoms with E-state index in [0.717, 1.165) is 11.1 Å². The smallest absolute Gasteiger partial charge is 0.409 e. The van der Waals surface area contributed by atoms with E-state index in [1.54, 1.807) is 7.05 Å². The van der Waals surface area contributed by atoms with Crippen molar-refractivity contribution in [2.45, 2.75) is 20.4 Å². The third kappa shape index (κ3) is 4.07. The summed E-state index contributed by atoms with van der Waals surface area (Å²) < 4.78 is 4.83. The SMILES string of the molecule is Cc1ccc(CN(C)C(=O)OCCO)c(C)c1. The minimum Gasteiger partial charge on any atom is -0.447 e. The van der Waals surface area contributed by atoms with Crippen LogP contribution in [-0.4, -0.2) is 36.4 Å². The Morgan fingerprint density at radius 2 is 2.12 bits per heavy atom. The Labute approximate surface area is 102 Å². The standard InChI is InChI=1S/C13H19NO3/c1-10-4-5-12(11(2)8-10)9-14(3)13(16)17-7-6-15/h4-5,8,15H,6-7,9H2,1-3H3. The van der Waals surface area contributed by atoms with E-state index in [0.29, 0.717) is 6.54 Å². The van der Waals surface area contributed by atoms with Crippen LogP contribution in [0, 0.1) is 13.8 Å². The van der Waals surface area contributed by atoms with E-state index in [9.17, 15) is 4.79 Å². The first-order valence-electron chi connectivity index (χ1n) is 5.59. The molecule has 0 heterocycles. The fraction of sp³-hybridized carbons (Fsp3) is 0.462. The van der Waals surface area contributed by atoms with E-state index in [1.807, 2.05) is 26.0 Å². The molecule has 1 aromatic carbocycles. The molecule has 1 amide bonds. The van der Waals surface area contributed by atoms with Crippen molar-refractivity contribution in [3.05, 3.63) is 34.9 Å². The van der Waals surface area contributed by atoms with Gasteiger partial charge in [0.25, 0.3) is 0 Å². The van der Waals surface area contributed by atoms with Crippen LogP contribution in [0.5, 0.6) is 0 Å². The number of hydrogen-bond acceptors (Lipinski definition) is 3. The molecular formula is C13H19NO3. The average Bonchev–Trinajstić information content (AvgIpc) is 2.29. The Morgan fingerprint density at radius 3 is 2.71 bits per heavy atom. The predicted molar refractivity (Wildman–Crippen MR) is 65.8 cm³/mol. The van der Waals surface area contributed by atoms with Gasteiger partial charge < -0.3 is 14.7 Å². The minimum absolute atomic E-state index is 0.0378. The molecule has 1 N–H and O–H groups in total. The zero-order valence-electron chi connectivity index (χ0n) is 10.6. The third-order valence-electron chi connectivity index (χ3n) is 2.53. The number of carbonyl (C=O) groups excluding carboxylic acids is 1. The number of rotatable bonds is 4. The van der Waals surface area contributed by atoms with Crippen LogP contribution >= 0.6 is 0 Å². The Kier molecular flexibility index (Phi) is 4.97. The molecule has 4 heteroatoms. The molecule has 0 spiro atoms. The van der Waals surface area contributed by atoms with Crippen molar-refractivity contribution in [3.8, 4) is 0 Å². The van der Waals surface area contributed by atoms with Crippen molar-refractivity contribution in [1.29, 1.82) is 0 Å². The molecular weight excluding hydrogens is 218 g/mol. The van der Waals surface area contributed by atoms with Gasteiger partial charge in [-0.2, -0.15) is 0 Å². The number of ether oxygens (including phenoxy) is 1. The topological polar surface area (TPSA) is 49.8 Å². The third-order valence-corrected chi connectivity index (χ3v) is 2.53. The van der Waals surface area contributed by atoms with Crippen LogP contribution in [-0.2, 0) is 11.3 Å². The Morgan fingerprint density at radius 1 is 1.41 bits per heavy atom. The van der Waals surface area contributed by atoms with Gasteiger partial charge in [-0.1, -0.05) is 23.8 Å². The number of amides is 1. The van der Waals surface area contributed by atoms with Gasteiger partial charge in [0.15, 0.2) is 0 Å². The van der Waals surface area contributed by atoms with Gasteiger partial charge in [0.1, 0.15) is 6.61 Å². The van der Waals surface area contributed by atoms with Crippen LogP contribution in [0.2, 0.25) is 0 Å². The highest BCUT2D eigenvalue weighted by molar-refractivity contribution is 5.67. The second kappa shape index (κ2) is 6.25. The molecule has 1 aromatic rings. The fourth-order valence-electron chi connectivity index (χ4n) is 1.59. The Balaban J connectivity index is 2.61. The number of hydrogen-bond donors (Lipinski definition) is 1. The number of carbonyl (C=O) groups is 1. The van der Waals surface area contributed by atoms with Gasteiger partial charge in [-0.15, -0.1) is 0 Å². The first kappa shape index (κ1) is 13.5. The predicted octanol–water partition coefficient (Wildman–Crippen LogP) is 1.86. The van der Waals surface area contributed by atoms with E-state index >= 15 is 0 Å². The second-order valence-corrected chi connectivity index (χ2v) is 4.12. The number of aryl methyl sites for hydroxylation is 2. The van der Waals surface area contributed by atoms with E-state index < -0.39 is 6.09 Å². The molecule has 0 atom stereocenters. The van der Waals surface area contributed by atoms with E-state index in [2.05, 4.69) is 6.07 Å². The van der Waals surface area contributed by atoms with Crippen LogP contribution < -0.4 is 0 Å². The molecule has 0 aliphatic carbocycles. The normalized spacial score (nSPS) is 10.1. The lowest BCUT2D eigenvalue weighted by atomic mass is 10.1. The average molecular weight is 237 g/mol. The Bertz CT molecular complexity index is 390. The van der Waals surface area contributed by atoms with Gasteiger partial charge in [-0.3, -0.25) is 0 Å². The lowest BCUT2D eigenvalue weighted by molar-refractivity contribution is 0.0893. The Hall–Kier alpha value is -1.55. The largest absolute Gasteiger partial charge is 0.447 e. The summed E-state index contributed by atoms with van der Waals surface area (Å²) in [6.07, 6.45) is -0.418. The quantitative estimate of drug-likeness (QED) is 0.869. The van der Waals surface area contributed by atoms with Crippen molar-refractivity contribution in [1.82, 2.24) is 4.90 Å². The summed E-state index contributed by atoms with van der Waals surface area (Å²) in [4.78, 5) is 13.0. The molecule has 4 nitrogen and oxygen atoms in total. The molecule has 0 fully saturated rings. The molecule has 0 saturated carbocycles. The molecule has 1 rings (SSSR count). The van der Waals surface area contributed by atoms with Crippen LogP contribution in [0.3, 0.4) is 0 Å². The summed E-state index contributed by atoms with van der Waals surface area (Å²) in [7, 11) is 1.68. The molecule has 0 aliphatic rings. The molecule has 0 unspecified atom stereocenters. The minimum atomic E-state index is -0.418. The van der Waals surface area contributed by atoms with Gasteiger partial charge in [-0.05, 0) is 25.0 Å². The first-order chi connectivity index (χ1) is 8.04. The van der Waals surface area contributed by atoms with Crippen LogP contribution in [0.15, 0.2) is 18.2 Å². The second-order valence-electron chi connectivity index (χ2n) is 4.12. The molecule has 0 bridgehead atoms. The van der Waals surface area contributed by atoms with Crippen molar-refractivity contribution in [3.63, 3.8) is 0 Å². The molecule has 94 valence electrons. The fourth-order valence-corrected chi connectivity index (χ4v) is 1.59. The van der Waals surface area contributed by atoms with Gasteiger partial charge in [0.2, 0.25) is 0 Å². The van der Waals surface area contributed by atoms with Crippen LogP contribution in [0.25, 0.3) is 0 Å². The molecule has 17 heavy (non-hydrogen) atoms. The van der Waals surface area contributed by atoms with Crippen LogP contribution in [0.1, 0.15) is 16.7 Å². The molecule has 0 aliphatic heterocycles. The lowest BCUT2D eigenvalue weighted by Gasteiger charge is -2.18. The number of aliphatic hydroxyl groups excluding tert-OH is 1. The highest BCUT2D eigenvalue weighted by atomic mass is 16.6. The summed E-state index contributed by atoms with van der Waals surface area (Å²) >= 11 is 0. The van der Waals surface area contributed by atoms with Gasteiger partial charge in [0, 0.05) is 13.6 Å². The summed E-state index contributed by atoms with van der Waals surface area (Å²) in [5, 5.41) is 8.57. The highest BCUT2D eigenvalue weighted by Crippen LogP contribution is 2.12.